The van der Waals surface area contributed by atoms with Gasteiger partial charge in [0.1, 0.15) is 11.5 Å². The van der Waals surface area contributed by atoms with Crippen molar-refractivity contribution in [3.05, 3.63) is 58.1 Å². The van der Waals surface area contributed by atoms with E-state index in [9.17, 15) is 9.59 Å². The van der Waals surface area contributed by atoms with Gasteiger partial charge in [0.05, 0.1) is 21.3 Å². The standard InChI is InChI=1S/C18H13Cl2N3O2/c19-13-6-5-12(9-14(13)20)22-16(24)18(7-8-18)17(25)23-15-4-2-1-3-11(15)10-21/h1-6,9H,7-8H2,(H,22,24)(H,23,25). The molecule has 0 heterocycles. The Kier molecular flexibility index (Phi) is 4.67. The molecule has 2 amide bonds. The molecule has 3 rings (SSSR count). The topological polar surface area (TPSA) is 82.0 Å². The van der Waals surface area contributed by atoms with Crippen LogP contribution in [0.3, 0.4) is 0 Å². The number of amides is 2. The molecule has 0 aliphatic heterocycles. The summed E-state index contributed by atoms with van der Waals surface area (Å²) in [5.41, 5.74) is 0.0744. The molecule has 5 nitrogen and oxygen atoms in total. The van der Waals surface area contributed by atoms with E-state index in [0.29, 0.717) is 39.8 Å². The quantitative estimate of drug-likeness (QED) is 0.786. The minimum atomic E-state index is -1.13. The monoisotopic (exact) mass is 373 g/mol. The molecule has 1 fully saturated rings. The number of halogens is 2. The zero-order chi connectivity index (χ0) is 18.0. The van der Waals surface area contributed by atoms with E-state index in [4.69, 9.17) is 28.5 Å². The molecule has 0 atom stereocenters. The molecule has 0 radical (unpaired) electrons. The van der Waals surface area contributed by atoms with Crippen LogP contribution in [0.1, 0.15) is 18.4 Å². The zero-order valence-electron chi connectivity index (χ0n) is 13.0. The van der Waals surface area contributed by atoms with Gasteiger partial charge in [-0.15, -0.1) is 0 Å². The van der Waals surface area contributed by atoms with Gasteiger partial charge in [-0.1, -0.05) is 35.3 Å². The highest BCUT2D eigenvalue weighted by molar-refractivity contribution is 6.42. The molecule has 2 aromatic rings. The molecule has 126 valence electrons. The van der Waals surface area contributed by atoms with E-state index in [1.807, 2.05) is 6.07 Å². The van der Waals surface area contributed by atoms with Crippen LogP contribution in [0.4, 0.5) is 11.4 Å². The molecule has 1 aliphatic rings. The van der Waals surface area contributed by atoms with E-state index in [1.165, 1.54) is 6.07 Å². The fraction of sp³-hybridized carbons (Fsp3) is 0.167. The maximum absolute atomic E-state index is 12.6. The smallest absolute Gasteiger partial charge is 0.240 e. The summed E-state index contributed by atoms with van der Waals surface area (Å²) in [6.07, 6.45) is 0.890. The first-order valence-electron chi connectivity index (χ1n) is 7.53. The minimum Gasteiger partial charge on any atom is -0.325 e. The van der Waals surface area contributed by atoms with Crippen molar-refractivity contribution in [1.29, 1.82) is 5.26 Å². The predicted octanol–water partition coefficient (Wildman–Crippen LogP) is 4.22. The van der Waals surface area contributed by atoms with Crippen molar-refractivity contribution in [2.45, 2.75) is 12.8 Å². The number of rotatable bonds is 4. The lowest BCUT2D eigenvalue weighted by atomic mass is 10.0. The average molecular weight is 374 g/mol. The van der Waals surface area contributed by atoms with Gasteiger partial charge in [-0.05, 0) is 43.2 Å². The Balaban J connectivity index is 1.75. The molecule has 0 aromatic heterocycles. The number of anilines is 2. The number of hydrogen-bond donors (Lipinski definition) is 2. The molecule has 0 bridgehead atoms. The van der Waals surface area contributed by atoms with E-state index in [0.717, 1.165) is 0 Å². The van der Waals surface area contributed by atoms with E-state index < -0.39 is 17.2 Å². The van der Waals surface area contributed by atoms with Crippen molar-refractivity contribution in [2.24, 2.45) is 5.41 Å². The molecule has 2 N–H and O–H groups in total. The third-order valence-corrected chi connectivity index (χ3v) is 4.83. The Labute approximate surface area is 154 Å². The van der Waals surface area contributed by atoms with Crippen molar-refractivity contribution < 1.29 is 9.59 Å². The zero-order valence-corrected chi connectivity index (χ0v) is 14.5. The van der Waals surface area contributed by atoms with Crippen LogP contribution in [0.25, 0.3) is 0 Å². The number of carbonyl (C=O) groups is 2. The summed E-state index contributed by atoms with van der Waals surface area (Å²) in [6, 6.07) is 13.4. The van der Waals surface area contributed by atoms with Crippen molar-refractivity contribution in [3.63, 3.8) is 0 Å². The largest absolute Gasteiger partial charge is 0.325 e. The molecule has 7 heteroatoms. The van der Waals surface area contributed by atoms with E-state index in [2.05, 4.69) is 10.6 Å². The van der Waals surface area contributed by atoms with Gasteiger partial charge in [0.25, 0.3) is 0 Å². The average Bonchev–Trinajstić information content (AvgIpc) is 3.40. The maximum Gasteiger partial charge on any atom is 0.240 e. The van der Waals surface area contributed by atoms with Gasteiger partial charge in [-0.3, -0.25) is 9.59 Å². The second-order valence-corrected chi connectivity index (χ2v) is 6.59. The lowest BCUT2D eigenvalue weighted by molar-refractivity contribution is -0.131. The summed E-state index contributed by atoms with van der Waals surface area (Å²) in [5, 5.41) is 15.2. The summed E-state index contributed by atoms with van der Waals surface area (Å²) >= 11 is 11.8. The van der Waals surface area contributed by atoms with Crippen molar-refractivity contribution in [2.75, 3.05) is 10.6 Å². The molecule has 0 spiro atoms. The molecule has 1 aliphatic carbocycles. The number of para-hydroxylation sites is 1. The summed E-state index contributed by atoms with van der Waals surface area (Å²) in [4.78, 5) is 25.2. The fourth-order valence-corrected chi connectivity index (χ4v) is 2.74. The number of hydrogen-bond acceptors (Lipinski definition) is 3. The van der Waals surface area contributed by atoms with E-state index in [1.54, 1.807) is 36.4 Å². The maximum atomic E-state index is 12.6. The summed E-state index contributed by atoms with van der Waals surface area (Å²) in [5.74, 6) is -0.828. The molecule has 0 saturated heterocycles. The number of nitrogens with zero attached hydrogens (tertiary/aromatic N) is 1. The first-order chi connectivity index (χ1) is 12.0. The van der Waals surface area contributed by atoms with Crippen LogP contribution in [0.2, 0.25) is 10.0 Å². The lowest BCUT2D eigenvalue weighted by Gasteiger charge is -2.16. The highest BCUT2D eigenvalue weighted by atomic mass is 35.5. The number of carbonyl (C=O) groups excluding carboxylic acids is 2. The molecular formula is C18H13Cl2N3O2. The highest BCUT2D eigenvalue weighted by Gasteiger charge is 2.56. The van der Waals surface area contributed by atoms with Gasteiger partial charge in [0.2, 0.25) is 11.8 Å². The third kappa shape index (κ3) is 3.46. The third-order valence-electron chi connectivity index (χ3n) is 4.09. The van der Waals surface area contributed by atoms with Gasteiger partial charge in [0, 0.05) is 5.69 Å². The SMILES string of the molecule is N#Cc1ccccc1NC(=O)C1(C(=O)Nc2ccc(Cl)c(Cl)c2)CC1. The number of nitrogens with one attached hydrogen (secondary N) is 2. The summed E-state index contributed by atoms with van der Waals surface area (Å²) in [6.45, 7) is 0. The summed E-state index contributed by atoms with van der Waals surface area (Å²) < 4.78 is 0. The first-order valence-corrected chi connectivity index (χ1v) is 8.29. The predicted molar refractivity (Wildman–Crippen MR) is 96.5 cm³/mol. The fourth-order valence-electron chi connectivity index (χ4n) is 2.44. The first kappa shape index (κ1) is 17.3. The van der Waals surface area contributed by atoms with Crippen LogP contribution in [0.5, 0.6) is 0 Å². The van der Waals surface area contributed by atoms with Crippen molar-refractivity contribution in [3.8, 4) is 6.07 Å². The van der Waals surface area contributed by atoms with Gasteiger partial charge in [-0.25, -0.2) is 0 Å². The second kappa shape index (κ2) is 6.75. The number of benzene rings is 2. The van der Waals surface area contributed by atoms with Gasteiger partial charge in [-0.2, -0.15) is 5.26 Å². The normalized spacial score (nSPS) is 14.3. The Morgan fingerprint density at radius 2 is 1.68 bits per heavy atom. The Morgan fingerprint density at radius 1 is 1.00 bits per heavy atom. The lowest BCUT2D eigenvalue weighted by Crippen LogP contribution is -2.35. The molecule has 2 aromatic carbocycles. The highest BCUT2D eigenvalue weighted by Crippen LogP contribution is 2.47. The second-order valence-electron chi connectivity index (χ2n) is 5.78. The van der Waals surface area contributed by atoms with E-state index >= 15 is 0 Å². The molecule has 25 heavy (non-hydrogen) atoms. The van der Waals surface area contributed by atoms with Crippen molar-refractivity contribution >= 4 is 46.4 Å². The van der Waals surface area contributed by atoms with Crippen molar-refractivity contribution in [1.82, 2.24) is 0 Å². The minimum absolute atomic E-state index is 0.316. The molecule has 1 saturated carbocycles. The molecule has 0 unspecified atom stereocenters. The van der Waals surface area contributed by atoms with Crippen LogP contribution in [0, 0.1) is 16.7 Å². The van der Waals surface area contributed by atoms with Crippen LogP contribution >= 0.6 is 23.2 Å². The summed E-state index contributed by atoms with van der Waals surface area (Å²) in [7, 11) is 0. The van der Waals surface area contributed by atoms with Gasteiger partial charge in [0.15, 0.2) is 0 Å². The number of nitriles is 1. The van der Waals surface area contributed by atoms with Crippen LogP contribution in [0.15, 0.2) is 42.5 Å². The Hall–Kier alpha value is -2.55. The Morgan fingerprint density at radius 3 is 2.32 bits per heavy atom. The van der Waals surface area contributed by atoms with Crippen LogP contribution in [-0.2, 0) is 9.59 Å². The molecular weight excluding hydrogens is 361 g/mol. The van der Waals surface area contributed by atoms with Crippen LogP contribution < -0.4 is 10.6 Å². The van der Waals surface area contributed by atoms with Gasteiger partial charge < -0.3 is 10.6 Å². The van der Waals surface area contributed by atoms with Crippen LogP contribution in [-0.4, -0.2) is 11.8 Å². The Bertz CT molecular complexity index is 901. The van der Waals surface area contributed by atoms with Gasteiger partial charge >= 0.3 is 0 Å². The van der Waals surface area contributed by atoms with E-state index in [-0.39, 0.29) is 0 Å².